The third-order valence-electron chi connectivity index (χ3n) is 7.12. The van der Waals surface area contributed by atoms with Crippen LogP contribution in [0, 0.1) is 13.8 Å². The molecule has 54 heavy (non-hydrogen) atoms. The number of aliphatic hydroxyl groups is 2. The Bertz CT molecular complexity index is 2300. The Labute approximate surface area is 315 Å². The smallest absolute Gasteiger partial charge is 0.328 e. The molecule has 2 aliphatic rings. The molecular formula is C32H30N6O12S4. The predicted molar refractivity (Wildman–Crippen MR) is 197 cm³/mol. The first-order valence-corrected chi connectivity index (χ1v) is 19.4. The summed E-state index contributed by atoms with van der Waals surface area (Å²) in [7, 11) is -5.34. The number of carboxylic acids is 2. The molecule has 0 saturated heterocycles. The molecular weight excluding hydrogens is 789 g/mol. The van der Waals surface area contributed by atoms with Crippen molar-refractivity contribution < 1.29 is 56.4 Å². The molecule has 0 aliphatic carbocycles. The minimum atomic E-state index is -3.90. The van der Waals surface area contributed by atoms with Crippen LogP contribution >= 0.6 is 22.7 Å². The molecule has 6 rings (SSSR count). The zero-order valence-electron chi connectivity index (χ0n) is 28.4. The summed E-state index contributed by atoms with van der Waals surface area (Å²) in [6.07, 6.45) is 4.29. The topological polar surface area (TPSA) is 274 Å². The highest BCUT2D eigenvalue weighted by atomic mass is 32.2. The predicted octanol–water partition coefficient (Wildman–Crippen LogP) is 3.61. The van der Waals surface area contributed by atoms with E-state index < -0.39 is 43.8 Å². The maximum absolute atomic E-state index is 12.5. The van der Waals surface area contributed by atoms with E-state index in [1.807, 2.05) is 13.8 Å². The quantitative estimate of drug-likeness (QED) is 0.152. The van der Waals surface area contributed by atoms with Crippen LogP contribution in [0.5, 0.6) is 0 Å². The number of hydrogen-bond acceptors (Lipinski definition) is 14. The molecule has 2 amide bonds. The molecule has 284 valence electrons. The van der Waals surface area contributed by atoms with Crippen molar-refractivity contribution in [3.8, 4) is 0 Å². The van der Waals surface area contributed by atoms with Gasteiger partial charge in [0.15, 0.2) is 33.2 Å². The second-order valence-electron chi connectivity index (χ2n) is 10.8. The van der Waals surface area contributed by atoms with Crippen molar-refractivity contribution in [3.63, 3.8) is 0 Å². The standard InChI is InChI=1S/2C14H13N3O4S2.C4H4O4/c2*1-8-7-15-14(22-8)16-13(19)11-12(18)9-5-3-4-6-10(9)23(20,21)17(11)2;5-3(6)1-2-4(7)8/h2*3-7,18H,1-2H3,(H,15,16,19);1-2H,(H,5,6)(H,7,8)/b;;2-1+. The third-order valence-corrected chi connectivity index (χ3v) is 12.4. The first-order chi connectivity index (χ1) is 25.3. The van der Waals surface area contributed by atoms with Crippen molar-refractivity contribution in [2.24, 2.45) is 0 Å². The molecule has 6 N–H and O–H groups in total. The van der Waals surface area contributed by atoms with Gasteiger partial charge in [-0.1, -0.05) is 24.3 Å². The number of carbonyl (C=O) groups excluding carboxylic acids is 2. The number of aromatic nitrogens is 2. The van der Waals surface area contributed by atoms with Crippen molar-refractivity contribution in [2.45, 2.75) is 23.6 Å². The molecule has 0 spiro atoms. The first kappa shape index (κ1) is 40.7. The van der Waals surface area contributed by atoms with E-state index >= 15 is 0 Å². The number of likely N-dealkylation sites (N-methyl/N-ethyl adjacent to an activating group) is 2. The monoisotopic (exact) mass is 818 g/mol. The van der Waals surface area contributed by atoms with Gasteiger partial charge < -0.3 is 20.4 Å². The van der Waals surface area contributed by atoms with Gasteiger partial charge in [-0.15, -0.1) is 22.7 Å². The van der Waals surface area contributed by atoms with Gasteiger partial charge in [0, 0.05) is 59.5 Å². The fourth-order valence-corrected chi connectivity index (χ4v) is 8.76. The Morgan fingerprint density at radius 2 is 0.981 bits per heavy atom. The Morgan fingerprint density at radius 3 is 1.28 bits per heavy atom. The number of anilines is 2. The number of aliphatic carboxylic acids is 2. The average molecular weight is 819 g/mol. The van der Waals surface area contributed by atoms with Gasteiger partial charge in [0.05, 0.1) is 9.79 Å². The summed E-state index contributed by atoms with van der Waals surface area (Å²) in [6.45, 7) is 3.66. The molecule has 0 bridgehead atoms. The number of nitrogens with one attached hydrogen (secondary N) is 2. The van der Waals surface area contributed by atoms with Gasteiger partial charge in [-0.25, -0.2) is 36.4 Å². The van der Waals surface area contributed by atoms with Gasteiger partial charge >= 0.3 is 11.9 Å². The molecule has 4 heterocycles. The van der Waals surface area contributed by atoms with Gasteiger partial charge in [0.2, 0.25) is 0 Å². The minimum absolute atomic E-state index is 0.0401. The Balaban J connectivity index is 0.000000201. The van der Waals surface area contributed by atoms with Crippen LogP contribution in [0.15, 0.2) is 94.3 Å². The van der Waals surface area contributed by atoms with Gasteiger partial charge in [0.1, 0.15) is 0 Å². The fourth-order valence-electron chi connectivity index (χ4n) is 4.64. The number of hydrogen-bond donors (Lipinski definition) is 6. The van der Waals surface area contributed by atoms with Crippen LogP contribution in [0.25, 0.3) is 11.5 Å². The van der Waals surface area contributed by atoms with Gasteiger partial charge in [-0.05, 0) is 38.1 Å². The van der Waals surface area contributed by atoms with E-state index in [2.05, 4.69) is 20.6 Å². The number of sulfonamides is 2. The number of rotatable bonds is 6. The highest BCUT2D eigenvalue weighted by Gasteiger charge is 2.39. The lowest BCUT2D eigenvalue weighted by Crippen LogP contribution is -2.37. The lowest BCUT2D eigenvalue weighted by molar-refractivity contribution is -0.134. The van der Waals surface area contributed by atoms with E-state index in [0.29, 0.717) is 22.4 Å². The maximum Gasteiger partial charge on any atom is 0.328 e. The number of carboxylic acid groups (broad SMARTS) is 2. The molecule has 22 heteroatoms. The summed E-state index contributed by atoms with van der Waals surface area (Å²) >= 11 is 2.51. The zero-order chi connectivity index (χ0) is 40.1. The number of carbonyl (C=O) groups is 4. The molecule has 0 radical (unpaired) electrons. The second kappa shape index (κ2) is 16.3. The SMILES string of the molecule is Cc1cnc(NC(=O)C2=C(O)c3ccccc3S(=O)(=O)N2C)s1.Cc1cnc(NC(=O)C2=C(O)c3ccccc3S(=O)(=O)N2C)s1.O=C(O)/C=C/C(=O)O. The molecule has 0 saturated carbocycles. The molecule has 4 aromatic rings. The maximum atomic E-state index is 12.5. The molecule has 0 atom stereocenters. The Hall–Kier alpha value is -6.10. The number of aryl methyl sites for hydroxylation is 2. The summed E-state index contributed by atoms with van der Waals surface area (Å²) in [5.41, 5.74) is -0.467. The highest BCUT2D eigenvalue weighted by Crippen LogP contribution is 2.36. The number of thiazole rings is 2. The number of benzene rings is 2. The van der Waals surface area contributed by atoms with Gasteiger partial charge in [-0.2, -0.15) is 0 Å². The molecule has 2 aromatic carbocycles. The van der Waals surface area contributed by atoms with Crippen LogP contribution < -0.4 is 10.6 Å². The van der Waals surface area contributed by atoms with E-state index in [0.717, 1.165) is 18.4 Å². The first-order valence-electron chi connectivity index (χ1n) is 14.9. The van der Waals surface area contributed by atoms with Crippen molar-refractivity contribution in [3.05, 3.63) is 105 Å². The molecule has 2 aliphatic heterocycles. The Kier molecular flexibility index (Phi) is 12.3. The van der Waals surface area contributed by atoms with Gasteiger partial charge in [0.25, 0.3) is 31.9 Å². The number of aliphatic hydroxyl groups excluding tert-OH is 2. The number of nitrogens with zero attached hydrogens (tertiary/aromatic N) is 4. The summed E-state index contributed by atoms with van der Waals surface area (Å²) in [5, 5.41) is 42.0. The minimum Gasteiger partial charge on any atom is -0.505 e. The average Bonchev–Trinajstić information content (AvgIpc) is 3.72. The molecule has 2 aromatic heterocycles. The van der Waals surface area contributed by atoms with Crippen LogP contribution in [0.2, 0.25) is 0 Å². The molecule has 18 nitrogen and oxygen atoms in total. The Morgan fingerprint density at radius 1 is 0.648 bits per heavy atom. The zero-order valence-corrected chi connectivity index (χ0v) is 31.7. The summed E-state index contributed by atoms with van der Waals surface area (Å²) < 4.78 is 51.6. The van der Waals surface area contributed by atoms with Gasteiger partial charge in [-0.3, -0.25) is 28.8 Å². The van der Waals surface area contributed by atoms with E-state index in [4.69, 9.17) is 10.2 Å². The fraction of sp³-hybridized carbons (Fsp3) is 0.125. The van der Waals surface area contributed by atoms with Crippen molar-refractivity contribution in [1.29, 1.82) is 0 Å². The van der Waals surface area contributed by atoms with E-state index in [1.165, 1.54) is 61.0 Å². The van der Waals surface area contributed by atoms with E-state index in [9.17, 15) is 46.2 Å². The second-order valence-corrected chi connectivity index (χ2v) is 17.1. The van der Waals surface area contributed by atoms with Crippen molar-refractivity contribution >= 4 is 88.3 Å². The van der Waals surface area contributed by atoms with E-state index in [-0.39, 0.29) is 43.8 Å². The third kappa shape index (κ3) is 8.74. The largest absolute Gasteiger partial charge is 0.505 e. The number of fused-ring (bicyclic) bond motifs is 2. The molecule has 0 fully saturated rings. The van der Waals surface area contributed by atoms with Crippen LogP contribution in [0.4, 0.5) is 10.3 Å². The van der Waals surface area contributed by atoms with Crippen molar-refractivity contribution in [1.82, 2.24) is 18.6 Å². The van der Waals surface area contributed by atoms with Crippen LogP contribution in [0.1, 0.15) is 20.9 Å². The summed E-state index contributed by atoms with van der Waals surface area (Å²) in [5.74, 6) is -4.76. The number of amides is 2. The molecule has 0 unspecified atom stereocenters. The normalized spacial score (nSPS) is 15.2. The highest BCUT2D eigenvalue weighted by molar-refractivity contribution is 7.89. The van der Waals surface area contributed by atoms with Crippen molar-refractivity contribution in [2.75, 3.05) is 24.7 Å². The lowest BCUT2D eigenvalue weighted by atomic mass is 10.1. The summed E-state index contributed by atoms with van der Waals surface area (Å²) in [4.78, 5) is 53.7. The van der Waals surface area contributed by atoms with E-state index in [1.54, 1.807) is 36.7 Å². The summed E-state index contributed by atoms with van der Waals surface area (Å²) in [6, 6.07) is 12.0. The van der Waals surface area contributed by atoms with Crippen LogP contribution in [-0.2, 0) is 39.2 Å². The van der Waals surface area contributed by atoms with Crippen LogP contribution in [0.3, 0.4) is 0 Å². The van der Waals surface area contributed by atoms with Crippen LogP contribution in [-0.4, -0.2) is 93.7 Å². The lowest BCUT2D eigenvalue weighted by Gasteiger charge is -2.28.